The number of rotatable bonds is 9. The molecular formula is C26H34N2O3S. The van der Waals surface area contributed by atoms with Gasteiger partial charge in [0.25, 0.3) is 0 Å². The van der Waals surface area contributed by atoms with E-state index in [4.69, 9.17) is 4.74 Å². The smallest absolute Gasteiger partial charge is 0.242 e. The number of carbonyl (C=O) groups is 2. The van der Waals surface area contributed by atoms with Crippen LogP contribution in [0.1, 0.15) is 55.2 Å². The molecule has 1 aliphatic heterocycles. The van der Waals surface area contributed by atoms with Gasteiger partial charge < -0.3 is 14.5 Å². The number of ether oxygens (including phenoxy) is 1. The number of fused-ring (bicyclic) bond motifs is 1. The summed E-state index contributed by atoms with van der Waals surface area (Å²) < 4.78 is 6.12. The highest BCUT2D eigenvalue weighted by Crippen LogP contribution is 2.35. The molecule has 0 bridgehead atoms. The fourth-order valence-electron chi connectivity index (χ4n) is 4.26. The number of thiophene rings is 1. The minimum Gasteiger partial charge on any atom is -0.491 e. The van der Waals surface area contributed by atoms with Crippen LogP contribution in [0.5, 0.6) is 5.75 Å². The lowest BCUT2D eigenvalue weighted by molar-refractivity contribution is -0.143. The molecule has 2 aromatic rings. The molecular weight excluding hydrogens is 420 g/mol. The summed E-state index contributed by atoms with van der Waals surface area (Å²) in [4.78, 5) is 31.5. The molecule has 1 saturated carbocycles. The zero-order valence-corrected chi connectivity index (χ0v) is 20.2. The minimum atomic E-state index is -0.125. The third kappa shape index (κ3) is 5.34. The average molecular weight is 455 g/mol. The van der Waals surface area contributed by atoms with Gasteiger partial charge in [-0.05, 0) is 61.2 Å². The molecule has 0 N–H and O–H groups in total. The molecule has 4 rings (SSSR count). The van der Waals surface area contributed by atoms with E-state index in [1.807, 2.05) is 34.1 Å². The number of benzene rings is 1. The van der Waals surface area contributed by atoms with Gasteiger partial charge in [-0.1, -0.05) is 38.0 Å². The molecule has 1 fully saturated rings. The second-order valence-electron chi connectivity index (χ2n) is 9.28. The Balaban J connectivity index is 1.49. The zero-order chi connectivity index (χ0) is 22.7. The quantitative estimate of drug-likeness (QED) is 0.544. The van der Waals surface area contributed by atoms with E-state index >= 15 is 0 Å². The second-order valence-corrected chi connectivity index (χ2v) is 10.3. The molecule has 5 nitrogen and oxygen atoms in total. The predicted molar refractivity (Wildman–Crippen MR) is 128 cm³/mol. The fraction of sp³-hybridized carbons (Fsp3) is 0.538. The minimum absolute atomic E-state index is 0.0247. The summed E-state index contributed by atoms with van der Waals surface area (Å²) in [5.74, 6) is 1.50. The first kappa shape index (κ1) is 22.8. The average Bonchev–Trinajstić information content (AvgIpc) is 3.53. The summed E-state index contributed by atoms with van der Waals surface area (Å²) in [5, 5.41) is 2.10. The molecule has 0 spiro atoms. The van der Waals surface area contributed by atoms with Crippen molar-refractivity contribution in [3.63, 3.8) is 0 Å². The van der Waals surface area contributed by atoms with Crippen LogP contribution in [0, 0.1) is 18.8 Å². The van der Waals surface area contributed by atoms with E-state index in [1.54, 1.807) is 11.3 Å². The van der Waals surface area contributed by atoms with Crippen LogP contribution in [-0.2, 0) is 16.0 Å². The first-order valence-electron chi connectivity index (χ1n) is 11.8. The van der Waals surface area contributed by atoms with Gasteiger partial charge in [0.2, 0.25) is 11.8 Å². The molecule has 1 aromatic carbocycles. The van der Waals surface area contributed by atoms with Gasteiger partial charge in [0.05, 0.1) is 12.6 Å². The highest BCUT2D eigenvalue weighted by Gasteiger charge is 2.37. The first-order valence-corrected chi connectivity index (χ1v) is 12.7. The fourth-order valence-corrected chi connectivity index (χ4v) is 5.19. The SMILES string of the molecule is CC[C@H](C)CN(CC(=O)N1CCc2sccc2[C@H]1COc1ccc(C)cc1)C(=O)C1CC1. The van der Waals surface area contributed by atoms with E-state index in [0.717, 1.165) is 31.4 Å². The number of hydrogen-bond acceptors (Lipinski definition) is 4. The number of aryl methyl sites for hydroxylation is 1. The van der Waals surface area contributed by atoms with Crippen LogP contribution in [0.15, 0.2) is 35.7 Å². The van der Waals surface area contributed by atoms with Gasteiger partial charge >= 0.3 is 0 Å². The van der Waals surface area contributed by atoms with Gasteiger partial charge in [-0.2, -0.15) is 0 Å². The van der Waals surface area contributed by atoms with Crippen LogP contribution in [0.25, 0.3) is 0 Å². The highest BCUT2D eigenvalue weighted by atomic mass is 32.1. The normalized spacial score (nSPS) is 18.7. The van der Waals surface area contributed by atoms with Crippen molar-refractivity contribution in [3.8, 4) is 5.75 Å². The van der Waals surface area contributed by atoms with Gasteiger partial charge in [-0.25, -0.2) is 0 Å². The predicted octanol–water partition coefficient (Wildman–Crippen LogP) is 4.85. The van der Waals surface area contributed by atoms with Gasteiger partial charge in [0.15, 0.2) is 0 Å². The van der Waals surface area contributed by atoms with Crippen molar-refractivity contribution in [2.75, 3.05) is 26.2 Å². The van der Waals surface area contributed by atoms with Gasteiger partial charge in [-0.3, -0.25) is 9.59 Å². The molecule has 172 valence electrons. The Labute approximate surface area is 195 Å². The van der Waals surface area contributed by atoms with Crippen molar-refractivity contribution < 1.29 is 14.3 Å². The Morgan fingerprint density at radius 1 is 1.22 bits per heavy atom. The summed E-state index contributed by atoms with van der Waals surface area (Å²) >= 11 is 1.75. The molecule has 32 heavy (non-hydrogen) atoms. The summed E-state index contributed by atoms with van der Waals surface area (Å²) in [5.41, 5.74) is 2.37. The third-order valence-electron chi connectivity index (χ3n) is 6.64. The van der Waals surface area contributed by atoms with Crippen LogP contribution >= 0.6 is 11.3 Å². The molecule has 0 saturated heterocycles. The van der Waals surface area contributed by atoms with E-state index < -0.39 is 0 Å². The maximum absolute atomic E-state index is 13.5. The van der Waals surface area contributed by atoms with E-state index in [9.17, 15) is 9.59 Å². The Kier molecular flexibility index (Phi) is 7.19. The Morgan fingerprint density at radius 3 is 2.66 bits per heavy atom. The highest BCUT2D eigenvalue weighted by molar-refractivity contribution is 7.10. The third-order valence-corrected chi connectivity index (χ3v) is 7.63. The van der Waals surface area contributed by atoms with E-state index in [0.29, 0.717) is 25.6 Å². The number of amides is 2. The van der Waals surface area contributed by atoms with Crippen molar-refractivity contribution in [1.29, 1.82) is 0 Å². The van der Waals surface area contributed by atoms with Gasteiger partial charge in [0, 0.05) is 23.9 Å². The lowest BCUT2D eigenvalue weighted by Crippen LogP contribution is -2.48. The van der Waals surface area contributed by atoms with E-state index in [1.165, 1.54) is 16.0 Å². The summed E-state index contributed by atoms with van der Waals surface area (Å²) in [6.45, 7) is 8.24. The Hall–Kier alpha value is -2.34. The number of hydrogen-bond donors (Lipinski definition) is 0. The maximum atomic E-state index is 13.5. The standard InChI is InChI=1S/C26H34N2O3S/c1-4-18(2)15-27(26(30)20-7-8-20)16-25(29)28-13-11-24-22(12-14-32-24)23(28)17-31-21-9-5-19(3)6-10-21/h5-6,9-10,12,14,18,20,23H,4,7-8,11,13,15-17H2,1-3H3/t18-,23+/m0/s1. The number of carbonyl (C=O) groups excluding carboxylic acids is 2. The zero-order valence-electron chi connectivity index (χ0n) is 19.4. The lowest BCUT2D eigenvalue weighted by Gasteiger charge is -2.37. The van der Waals surface area contributed by atoms with Crippen LogP contribution < -0.4 is 4.74 Å². The first-order chi connectivity index (χ1) is 15.5. The Morgan fingerprint density at radius 2 is 1.97 bits per heavy atom. The second kappa shape index (κ2) is 10.1. The monoisotopic (exact) mass is 454 g/mol. The maximum Gasteiger partial charge on any atom is 0.242 e. The molecule has 1 aromatic heterocycles. The van der Waals surface area contributed by atoms with Crippen molar-refractivity contribution in [2.45, 2.75) is 52.5 Å². The lowest BCUT2D eigenvalue weighted by atomic mass is 10.00. The van der Waals surface area contributed by atoms with Crippen LogP contribution in [0.2, 0.25) is 0 Å². The van der Waals surface area contributed by atoms with Crippen molar-refractivity contribution in [2.24, 2.45) is 11.8 Å². The Bertz CT molecular complexity index is 935. The van der Waals surface area contributed by atoms with Crippen LogP contribution in [0.3, 0.4) is 0 Å². The van der Waals surface area contributed by atoms with Crippen molar-refractivity contribution in [3.05, 3.63) is 51.7 Å². The van der Waals surface area contributed by atoms with E-state index in [-0.39, 0.29) is 30.3 Å². The molecule has 1 aliphatic carbocycles. The van der Waals surface area contributed by atoms with Gasteiger partial charge in [0.1, 0.15) is 12.4 Å². The molecule has 2 amide bonds. The van der Waals surface area contributed by atoms with E-state index in [2.05, 4.69) is 32.2 Å². The molecule has 0 unspecified atom stereocenters. The van der Waals surface area contributed by atoms with Crippen molar-refractivity contribution >= 4 is 23.2 Å². The largest absolute Gasteiger partial charge is 0.491 e. The topological polar surface area (TPSA) is 49.9 Å². The molecule has 2 heterocycles. The number of nitrogens with zero attached hydrogens (tertiary/aromatic N) is 2. The molecule has 6 heteroatoms. The summed E-state index contributed by atoms with van der Waals surface area (Å²) in [6.07, 6.45) is 3.78. The molecule has 2 atom stereocenters. The van der Waals surface area contributed by atoms with Crippen LogP contribution in [0.4, 0.5) is 0 Å². The summed E-state index contributed by atoms with van der Waals surface area (Å²) in [6, 6.07) is 10.0. The van der Waals surface area contributed by atoms with Gasteiger partial charge in [-0.15, -0.1) is 11.3 Å². The molecule has 2 aliphatic rings. The molecule has 0 radical (unpaired) electrons. The van der Waals surface area contributed by atoms with Crippen LogP contribution in [-0.4, -0.2) is 47.9 Å². The summed E-state index contributed by atoms with van der Waals surface area (Å²) in [7, 11) is 0. The van der Waals surface area contributed by atoms with Crippen molar-refractivity contribution in [1.82, 2.24) is 9.80 Å².